The number of nitrogens with one attached hydrogen (secondary N) is 1. The highest BCUT2D eigenvalue weighted by molar-refractivity contribution is 5.35. The van der Waals surface area contributed by atoms with E-state index in [1.807, 2.05) is 0 Å². The molecule has 0 radical (unpaired) electrons. The summed E-state index contributed by atoms with van der Waals surface area (Å²) in [6, 6.07) is 7.18. The maximum absolute atomic E-state index is 3.51. The molecule has 0 heterocycles. The van der Waals surface area contributed by atoms with Gasteiger partial charge in [-0.1, -0.05) is 25.1 Å². The van der Waals surface area contributed by atoms with Crippen LogP contribution in [0.4, 0.5) is 0 Å². The third-order valence-electron chi connectivity index (χ3n) is 4.18. The molecule has 0 saturated heterocycles. The summed E-state index contributed by atoms with van der Waals surface area (Å²) in [5, 5.41) is 3.51. The first-order valence-corrected chi connectivity index (χ1v) is 6.38. The van der Waals surface area contributed by atoms with E-state index >= 15 is 0 Å². The number of hydrogen-bond acceptors (Lipinski definition) is 1. The number of aryl methyl sites for hydroxylation is 1. The third kappa shape index (κ3) is 2.15. The van der Waals surface area contributed by atoms with Crippen LogP contribution in [-0.4, -0.2) is 7.05 Å². The van der Waals surface area contributed by atoms with Gasteiger partial charge in [0.15, 0.2) is 0 Å². The summed E-state index contributed by atoms with van der Waals surface area (Å²) in [4.78, 5) is 0. The van der Waals surface area contributed by atoms with Gasteiger partial charge in [-0.3, -0.25) is 0 Å². The molecule has 88 valence electrons. The molecular weight excluding hydrogens is 194 g/mol. The molecular formula is C15H23N. The van der Waals surface area contributed by atoms with Crippen LogP contribution in [0, 0.1) is 25.7 Å². The van der Waals surface area contributed by atoms with Crippen LogP contribution in [0.3, 0.4) is 0 Å². The molecule has 0 amide bonds. The van der Waals surface area contributed by atoms with Crippen LogP contribution >= 0.6 is 0 Å². The van der Waals surface area contributed by atoms with Crippen LogP contribution in [0.1, 0.15) is 42.5 Å². The van der Waals surface area contributed by atoms with Gasteiger partial charge >= 0.3 is 0 Å². The normalized spacial score (nSPS) is 19.5. The zero-order valence-electron chi connectivity index (χ0n) is 10.9. The predicted molar refractivity (Wildman–Crippen MR) is 69.6 cm³/mol. The molecule has 1 aliphatic rings. The summed E-state index contributed by atoms with van der Waals surface area (Å²) in [6.45, 7) is 6.84. The van der Waals surface area contributed by atoms with Crippen LogP contribution in [0.2, 0.25) is 0 Å². The first-order chi connectivity index (χ1) is 7.65. The summed E-state index contributed by atoms with van der Waals surface area (Å²) in [5.41, 5.74) is 4.34. The summed E-state index contributed by atoms with van der Waals surface area (Å²) >= 11 is 0. The van der Waals surface area contributed by atoms with E-state index in [-0.39, 0.29) is 0 Å². The van der Waals surface area contributed by atoms with Crippen molar-refractivity contribution >= 4 is 0 Å². The minimum atomic E-state index is 0.521. The largest absolute Gasteiger partial charge is 0.313 e. The Morgan fingerprint density at radius 2 is 1.94 bits per heavy atom. The zero-order valence-corrected chi connectivity index (χ0v) is 10.9. The molecule has 0 spiro atoms. The van der Waals surface area contributed by atoms with Crippen molar-refractivity contribution in [1.82, 2.24) is 5.32 Å². The molecule has 2 atom stereocenters. The Bertz CT molecular complexity index is 366. The minimum Gasteiger partial charge on any atom is -0.313 e. The third-order valence-corrected chi connectivity index (χ3v) is 4.18. The van der Waals surface area contributed by atoms with E-state index in [1.54, 1.807) is 0 Å². The van der Waals surface area contributed by atoms with Gasteiger partial charge in [0, 0.05) is 6.04 Å². The van der Waals surface area contributed by atoms with Gasteiger partial charge in [-0.25, -0.2) is 0 Å². The lowest BCUT2D eigenvalue weighted by Crippen LogP contribution is -2.25. The number of rotatable bonds is 4. The van der Waals surface area contributed by atoms with Crippen molar-refractivity contribution in [3.05, 3.63) is 34.9 Å². The molecule has 0 bridgehead atoms. The molecule has 16 heavy (non-hydrogen) atoms. The lowest BCUT2D eigenvalue weighted by molar-refractivity contribution is 0.368. The highest BCUT2D eigenvalue weighted by Gasteiger charge is 2.33. The van der Waals surface area contributed by atoms with Gasteiger partial charge < -0.3 is 5.32 Å². The van der Waals surface area contributed by atoms with Crippen molar-refractivity contribution in [3.8, 4) is 0 Å². The van der Waals surface area contributed by atoms with Gasteiger partial charge in [-0.2, -0.15) is 0 Å². The molecule has 1 nitrogen and oxygen atoms in total. The second kappa shape index (κ2) is 4.58. The van der Waals surface area contributed by atoms with Crippen LogP contribution < -0.4 is 5.32 Å². The smallest absolute Gasteiger partial charge is 0.0348 e. The van der Waals surface area contributed by atoms with Gasteiger partial charge in [0.05, 0.1) is 0 Å². The first kappa shape index (κ1) is 11.7. The van der Waals surface area contributed by atoms with Gasteiger partial charge in [0.25, 0.3) is 0 Å². The van der Waals surface area contributed by atoms with Crippen LogP contribution in [-0.2, 0) is 0 Å². The molecule has 1 heteroatoms. The monoisotopic (exact) mass is 217 g/mol. The quantitative estimate of drug-likeness (QED) is 0.812. The number of benzene rings is 1. The average Bonchev–Trinajstić information content (AvgIpc) is 3.08. The lowest BCUT2D eigenvalue weighted by atomic mass is 9.87. The Balaban J connectivity index is 2.28. The SMILES string of the molecule is CNC(c1cccc(C)c1C)C(C)C1CC1. The fourth-order valence-electron chi connectivity index (χ4n) is 2.71. The van der Waals surface area contributed by atoms with Gasteiger partial charge in [0.1, 0.15) is 0 Å². The van der Waals surface area contributed by atoms with Gasteiger partial charge in [-0.15, -0.1) is 0 Å². The Hall–Kier alpha value is -0.820. The Labute approximate surface area is 99.3 Å². The molecule has 1 aromatic rings. The maximum atomic E-state index is 3.51. The molecule has 1 fully saturated rings. The van der Waals surface area contributed by atoms with E-state index in [0.717, 1.165) is 11.8 Å². The molecule has 2 unspecified atom stereocenters. The fraction of sp³-hybridized carbons (Fsp3) is 0.600. The van der Waals surface area contributed by atoms with Crippen LogP contribution in [0.15, 0.2) is 18.2 Å². The maximum Gasteiger partial charge on any atom is 0.0348 e. The molecule has 1 saturated carbocycles. The molecule has 1 N–H and O–H groups in total. The van der Waals surface area contributed by atoms with Gasteiger partial charge in [0.2, 0.25) is 0 Å². The standard InChI is InChI=1S/C15H23N/c1-10-6-5-7-14(11(10)2)15(16-4)12(3)13-8-9-13/h5-7,12-13,15-16H,8-9H2,1-4H3. The van der Waals surface area contributed by atoms with E-state index < -0.39 is 0 Å². The highest BCUT2D eigenvalue weighted by atomic mass is 14.9. The van der Waals surface area contributed by atoms with Crippen molar-refractivity contribution in [2.45, 2.75) is 39.7 Å². The topological polar surface area (TPSA) is 12.0 Å². The van der Waals surface area contributed by atoms with Crippen molar-refractivity contribution in [2.24, 2.45) is 11.8 Å². The minimum absolute atomic E-state index is 0.521. The van der Waals surface area contributed by atoms with Crippen molar-refractivity contribution in [1.29, 1.82) is 0 Å². The summed E-state index contributed by atoms with van der Waals surface area (Å²) in [6.07, 6.45) is 2.84. The van der Waals surface area contributed by atoms with Crippen LogP contribution in [0.5, 0.6) is 0 Å². The highest BCUT2D eigenvalue weighted by Crippen LogP contribution is 2.43. The molecule has 0 aromatic heterocycles. The van der Waals surface area contributed by atoms with Crippen molar-refractivity contribution in [3.63, 3.8) is 0 Å². The average molecular weight is 217 g/mol. The zero-order chi connectivity index (χ0) is 11.7. The second-order valence-corrected chi connectivity index (χ2v) is 5.25. The predicted octanol–water partition coefficient (Wildman–Crippen LogP) is 3.61. The van der Waals surface area contributed by atoms with E-state index in [1.165, 1.54) is 29.5 Å². The fourth-order valence-corrected chi connectivity index (χ4v) is 2.71. The Morgan fingerprint density at radius 3 is 2.50 bits per heavy atom. The molecule has 2 rings (SSSR count). The van der Waals surface area contributed by atoms with Crippen molar-refractivity contribution < 1.29 is 0 Å². The summed E-state index contributed by atoms with van der Waals surface area (Å²) in [5.74, 6) is 1.70. The molecule has 1 aliphatic carbocycles. The van der Waals surface area contributed by atoms with Crippen LogP contribution in [0.25, 0.3) is 0 Å². The lowest BCUT2D eigenvalue weighted by Gasteiger charge is -2.26. The van der Waals surface area contributed by atoms with Gasteiger partial charge in [-0.05, 0) is 62.3 Å². The second-order valence-electron chi connectivity index (χ2n) is 5.25. The van der Waals surface area contributed by atoms with E-state index in [2.05, 4.69) is 51.3 Å². The van der Waals surface area contributed by atoms with Crippen molar-refractivity contribution in [2.75, 3.05) is 7.05 Å². The Kier molecular flexibility index (Phi) is 3.34. The van der Waals surface area contributed by atoms with E-state index in [9.17, 15) is 0 Å². The molecule has 0 aliphatic heterocycles. The molecule has 1 aromatic carbocycles. The van der Waals surface area contributed by atoms with E-state index in [4.69, 9.17) is 0 Å². The van der Waals surface area contributed by atoms with E-state index in [0.29, 0.717) is 6.04 Å². The Morgan fingerprint density at radius 1 is 1.25 bits per heavy atom. The first-order valence-electron chi connectivity index (χ1n) is 6.38. The number of hydrogen-bond donors (Lipinski definition) is 1. The summed E-state index contributed by atoms with van der Waals surface area (Å²) < 4.78 is 0. The summed E-state index contributed by atoms with van der Waals surface area (Å²) in [7, 11) is 2.09.